The first-order chi connectivity index (χ1) is 15.8. The van der Waals surface area contributed by atoms with Crippen LogP contribution in [0.2, 0.25) is 0 Å². The van der Waals surface area contributed by atoms with Gasteiger partial charge in [0.2, 0.25) is 11.6 Å². The molecule has 0 amide bonds. The Kier molecular flexibility index (Phi) is 6.89. The van der Waals surface area contributed by atoms with Crippen LogP contribution in [0.1, 0.15) is 41.2 Å². The van der Waals surface area contributed by atoms with Crippen molar-refractivity contribution in [3.8, 4) is 5.75 Å². The molecule has 0 N–H and O–H groups in total. The van der Waals surface area contributed by atoms with Crippen molar-refractivity contribution in [1.29, 1.82) is 0 Å². The normalized spacial score (nSPS) is 13.5. The Hall–Kier alpha value is -2.45. The van der Waals surface area contributed by atoms with Crippen molar-refractivity contribution >= 4 is 27.1 Å². The van der Waals surface area contributed by atoms with Crippen LogP contribution >= 0.6 is 0 Å². The van der Waals surface area contributed by atoms with Crippen LogP contribution in [0, 0.1) is 37.1 Å². The van der Waals surface area contributed by atoms with Gasteiger partial charge in [-0.15, -0.1) is 0 Å². The summed E-state index contributed by atoms with van der Waals surface area (Å²) in [6.45, 7) is 4.57. The van der Waals surface area contributed by atoms with Crippen molar-refractivity contribution in [2.24, 2.45) is 0 Å². The summed E-state index contributed by atoms with van der Waals surface area (Å²) >= 11 is 0. The van der Waals surface area contributed by atoms with Crippen LogP contribution in [-0.4, -0.2) is 34.5 Å². The maximum absolute atomic E-state index is 15.0. The Morgan fingerprint density at radius 3 is 2.03 bits per heavy atom. The number of fused-ring (bicyclic) bond motifs is 2. The smallest absolute Gasteiger partial charge is 0.744 e. The first-order valence-electron chi connectivity index (χ1n) is 9.74. The zero-order chi connectivity index (χ0) is 25.4. The molecule has 0 unspecified atom stereocenters. The fourth-order valence-electron chi connectivity index (χ4n) is 4.29. The second-order valence-electron chi connectivity index (χ2n) is 7.56. The molecule has 1 aromatic carbocycles. The molecular formula is C21H15F4N2NaO6S. The number of allylic oxidation sites excluding steroid dienone is 1. The molecule has 0 atom stereocenters. The van der Waals surface area contributed by atoms with E-state index in [1.54, 1.807) is 0 Å². The predicted octanol–water partition coefficient (Wildman–Crippen LogP) is 0.0566. The number of nitrogens with zero attached hydrogens (tertiary/aromatic N) is 2. The number of ether oxygens (including phenoxy) is 1. The molecule has 0 aliphatic carbocycles. The van der Waals surface area contributed by atoms with Gasteiger partial charge in [0.25, 0.3) is 5.91 Å². The van der Waals surface area contributed by atoms with Crippen LogP contribution in [0.5, 0.6) is 5.75 Å². The zero-order valence-electron chi connectivity index (χ0n) is 19.0. The summed E-state index contributed by atoms with van der Waals surface area (Å²) in [5, 5.41) is 0. The number of aromatic nitrogens is 2. The van der Waals surface area contributed by atoms with E-state index in [0.29, 0.717) is 4.57 Å². The fraction of sp³-hybridized carbons (Fsp3) is 0.238. The van der Waals surface area contributed by atoms with Gasteiger partial charge >= 0.3 is 35.2 Å². The van der Waals surface area contributed by atoms with Gasteiger partial charge in [0.05, 0.1) is 28.3 Å². The molecule has 8 nitrogen and oxygen atoms in total. The molecule has 0 saturated carbocycles. The first-order valence-corrected chi connectivity index (χ1v) is 11.1. The number of aryl methyl sites for hydroxylation is 2. The van der Waals surface area contributed by atoms with Crippen molar-refractivity contribution in [1.82, 2.24) is 8.97 Å². The van der Waals surface area contributed by atoms with Gasteiger partial charge in [-0.2, -0.15) is 8.78 Å². The Bertz CT molecular complexity index is 1630. The monoisotopic (exact) mass is 522 g/mol. The number of hydrogen-bond donors (Lipinski definition) is 0. The van der Waals surface area contributed by atoms with E-state index in [1.165, 1.54) is 20.8 Å². The van der Waals surface area contributed by atoms with Crippen molar-refractivity contribution in [2.45, 2.75) is 32.6 Å². The van der Waals surface area contributed by atoms with E-state index < -0.39 is 78.0 Å². The van der Waals surface area contributed by atoms with Gasteiger partial charge in [0.1, 0.15) is 10.1 Å². The van der Waals surface area contributed by atoms with Gasteiger partial charge in [-0.3, -0.25) is 9.20 Å². The zero-order valence-corrected chi connectivity index (χ0v) is 21.9. The van der Waals surface area contributed by atoms with E-state index in [0.717, 1.165) is 17.4 Å². The van der Waals surface area contributed by atoms with E-state index in [-0.39, 0.29) is 52.9 Å². The topological polar surface area (TPSA) is 110 Å². The number of hydrogen-bond acceptors (Lipinski definition) is 6. The second-order valence-corrected chi connectivity index (χ2v) is 8.88. The minimum absolute atomic E-state index is 0. The standard InChI is InChI=1S/C21H16F4N2O6S.Na/c1-5-33-18-16(24)14(22)13(15(23)17(18)25)12-8(3)20(28)27-11(12)6-10-7(2)19(34(30,31)32)9(4)26(10)21(27)29;/h6H,5H2,1-4H3,(H,30,31,32);/q;+1/p-1. The molecule has 180 valence electrons. The SMILES string of the molecule is CCOc1c(F)c(F)c(C2=C(C)C(=O)n3c2cc2c(C)c(S(=O)(=O)[O-])c(C)n2c3=O)c(F)c1F.[Na+]. The van der Waals surface area contributed by atoms with Gasteiger partial charge in [0, 0.05) is 16.8 Å². The summed E-state index contributed by atoms with van der Waals surface area (Å²) in [4.78, 5) is 25.3. The number of carbonyl (C=O) groups excluding carboxylic acids is 1. The molecule has 2 aromatic heterocycles. The van der Waals surface area contributed by atoms with E-state index in [1.807, 2.05) is 0 Å². The van der Waals surface area contributed by atoms with Crippen LogP contribution in [0.15, 0.2) is 21.3 Å². The van der Waals surface area contributed by atoms with Gasteiger partial charge < -0.3 is 9.29 Å². The summed E-state index contributed by atoms with van der Waals surface area (Å²) in [6, 6.07) is 1.05. The van der Waals surface area contributed by atoms with Gasteiger partial charge in [-0.1, -0.05) is 0 Å². The molecule has 1 aliphatic rings. The van der Waals surface area contributed by atoms with Crippen LogP contribution in [0.4, 0.5) is 17.6 Å². The predicted molar refractivity (Wildman–Crippen MR) is 109 cm³/mol. The summed E-state index contributed by atoms with van der Waals surface area (Å²) in [5.74, 6) is -9.70. The molecule has 0 saturated heterocycles. The maximum atomic E-state index is 15.0. The second kappa shape index (κ2) is 8.89. The van der Waals surface area contributed by atoms with Crippen molar-refractivity contribution in [3.63, 3.8) is 0 Å². The molecule has 0 spiro atoms. The molecule has 0 bridgehead atoms. The van der Waals surface area contributed by atoms with Gasteiger partial charge in [0.15, 0.2) is 17.4 Å². The molecule has 0 fully saturated rings. The van der Waals surface area contributed by atoms with E-state index in [2.05, 4.69) is 4.74 Å². The number of carbonyl (C=O) groups is 1. The van der Waals surface area contributed by atoms with Crippen LogP contribution in [0.25, 0.3) is 11.1 Å². The third kappa shape index (κ3) is 3.68. The Balaban J connectivity index is 0.00000342. The Morgan fingerprint density at radius 2 is 1.54 bits per heavy atom. The first kappa shape index (κ1) is 27.1. The van der Waals surface area contributed by atoms with Gasteiger partial charge in [-0.25, -0.2) is 26.6 Å². The Labute approximate surface area is 217 Å². The Morgan fingerprint density at radius 1 is 1.00 bits per heavy atom. The summed E-state index contributed by atoms with van der Waals surface area (Å²) in [7, 11) is -5.03. The molecule has 1 aliphatic heterocycles. The minimum Gasteiger partial charge on any atom is -0.744 e. The quantitative estimate of drug-likeness (QED) is 0.208. The number of benzene rings is 1. The fourth-order valence-corrected chi connectivity index (χ4v) is 5.22. The minimum atomic E-state index is -5.03. The average Bonchev–Trinajstić information content (AvgIpc) is 3.15. The van der Waals surface area contributed by atoms with Crippen molar-refractivity contribution in [2.75, 3.05) is 6.61 Å². The van der Waals surface area contributed by atoms with E-state index in [9.17, 15) is 40.1 Å². The van der Waals surface area contributed by atoms with Crippen LogP contribution in [-0.2, 0) is 10.1 Å². The average molecular weight is 522 g/mol. The summed E-state index contributed by atoms with van der Waals surface area (Å²) in [5.41, 5.74) is -4.35. The third-order valence-corrected chi connectivity index (χ3v) is 6.80. The van der Waals surface area contributed by atoms with Crippen molar-refractivity contribution in [3.05, 3.63) is 67.9 Å². The molecule has 3 heterocycles. The summed E-state index contributed by atoms with van der Waals surface area (Å²) in [6.07, 6.45) is 0. The van der Waals surface area contributed by atoms with E-state index >= 15 is 0 Å². The molecule has 4 rings (SSSR count). The third-order valence-electron chi connectivity index (χ3n) is 5.69. The van der Waals surface area contributed by atoms with Crippen molar-refractivity contribution < 1.29 is 69.6 Å². The molecular weight excluding hydrogens is 507 g/mol. The summed E-state index contributed by atoms with van der Waals surface area (Å²) < 4.78 is 100. The van der Waals surface area contributed by atoms with Crippen LogP contribution in [0.3, 0.4) is 0 Å². The largest absolute Gasteiger partial charge is 1.00 e. The van der Waals surface area contributed by atoms with Gasteiger partial charge in [-0.05, 0) is 39.3 Å². The maximum Gasteiger partial charge on any atom is 1.00 e. The molecule has 35 heavy (non-hydrogen) atoms. The van der Waals surface area contributed by atoms with Crippen LogP contribution < -0.4 is 40.0 Å². The molecule has 14 heteroatoms. The number of halogens is 4. The molecule has 0 radical (unpaired) electrons. The molecule has 3 aromatic rings. The van der Waals surface area contributed by atoms with E-state index in [4.69, 9.17) is 0 Å². The number of rotatable bonds is 4.